The summed E-state index contributed by atoms with van der Waals surface area (Å²) in [5.41, 5.74) is 0.650. The normalized spacial score (nSPS) is 9.08. The third kappa shape index (κ3) is 1.66. The molecule has 0 aromatic carbocycles. The molecule has 0 radical (unpaired) electrons. The summed E-state index contributed by atoms with van der Waals surface area (Å²) in [6, 6.07) is 1.64. The van der Waals surface area contributed by atoms with Crippen LogP contribution in [0, 0.1) is 6.57 Å². The van der Waals surface area contributed by atoms with Crippen molar-refractivity contribution in [1.29, 1.82) is 0 Å². The van der Waals surface area contributed by atoms with E-state index in [1.165, 1.54) is 7.11 Å². The fourth-order valence-electron chi connectivity index (χ4n) is 0.849. The Labute approximate surface area is 75.8 Å². The van der Waals surface area contributed by atoms with Crippen molar-refractivity contribution in [3.8, 4) is 5.88 Å². The molecule has 0 saturated carbocycles. The van der Waals surface area contributed by atoms with Crippen molar-refractivity contribution in [3.63, 3.8) is 0 Å². The monoisotopic (exact) mass is 182 g/mol. The topological polar surface area (TPSA) is 26.5 Å². The molecule has 0 aliphatic rings. The van der Waals surface area contributed by atoms with E-state index < -0.39 is 0 Å². The molecule has 0 saturated heterocycles. The van der Waals surface area contributed by atoms with E-state index in [2.05, 4.69) is 9.83 Å². The Morgan fingerprint density at radius 1 is 1.75 bits per heavy atom. The maximum Gasteiger partial charge on any atom is 0.246 e. The van der Waals surface area contributed by atoms with Crippen LogP contribution in [0.5, 0.6) is 5.88 Å². The van der Waals surface area contributed by atoms with E-state index in [1.54, 1.807) is 12.3 Å². The van der Waals surface area contributed by atoms with Gasteiger partial charge >= 0.3 is 0 Å². The zero-order chi connectivity index (χ0) is 8.97. The van der Waals surface area contributed by atoms with Crippen LogP contribution in [-0.2, 0) is 6.54 Å². The largest absolute Gasteiger partial charge is 0.481 e. The molecule has 0 aliphatic heterocycles. The lowest BCUT2D eigenvalue weighted by molar-refractivity contribution is 0.393. The number of nitrogens with zero attached hydrogens (tertiary/aromatic N) is 2. The van der Waals surface area contributed by atoms with Gasteiger partial charge in [-0.1, -0.05) is 11.6 Å². The highest BCUT2D eigenvalue weighted by Crippen LogP contribution is 2.24. The van der Waals surface area contributed by atoms with E-state index in [9.17, 15) is 0 Å². The second kappa shape index (κ2) is 3.93. The summed E-state index contributed by atoms with van der Waals surface area (Å²) in [6.07, 6.45) is 1.55. The first-order valence-corrected chi connectivity index (χ1v) is 3.68. The average molecular weight is 183 g/mol. The fourth-order valence-corrected chi connectivity index (χ4v) is 1.05. The van der Waals surface area contributed by atoms with Gasteiger partial charge in [0.2, 0.25) is 12.4 Å². The third-order valence-electron chi connectivity index (χ3n) is 1.39. The van der Waals surface area contributed by atoms with Gasteiger partial charge in [0, 0.05) is 6.20 Å². The van der Waals surface area contributed by atoms with Gasteiger partial charge in [-0.3, -0.25) is 0 Å². The summed E-state index contributed by atoms with van der Waals surface area (Å²) in [4.78, 5) is 7.15. The molecule has 3 nitrogen and oxygen atoms in total. The number of hydrogen-bond acceptors (Lipinski definition) is 2. The van der Waals surface area contributed by atoms with Crippen LogP contribution < -0.4 is 4.74 Å². The van der Waals surface area contributed by atoms with Crippen LogP contribution in [0.25, 0.3) is 4.85 Å². The Morgan fingerprint density at radius 2 is 2.50 bits per heavy atom. The average Bonchev–Trinajstić information content (AvgIpc) is 2.09. The Bertz CT molecular complexity index is 319. The van der Waals surface area contributed by atoms with Gasteiger partial charge in [0.05, 0.1) is 12.1 Å². The zero-order valence-electron chi connectivity index (χ0n) is 6.54. The number of rotatable bonds is 2. The molecule has 1 rings (SSSR count). The van der Waals surface area contributed by atoms with Gasteiger partial charge in [0.15, 0.2) is 0 Å². The second-order valence-corrected chi connectivity index (χ2v) is 2.50. The summed E-state index contributed by atoms with van der Waals surface area (Å²) in [7, 11) is 1.51. The molecule has 1 aromatic heterocycles. The first kappa shape index (κ1) is 8.82. The highest BCUT2D eigenvalue weighted by molar-refractivity contribution is 6.31. The lowest BCUT2D eigenvalue weighted by Gasteiger charge is -2.02. The first-order valence-electron chi connectivity index (χ1n) is 3.30. The van der Waals surface area contributed by atoms with Crippen molar-refractivity contribution in [2.75, 3.05) is 7.11 Å². The Morgan fingerprint density at radius 3 is 3.08 bits per heavy atom. The molecule has 1 aromatic rings. The predicted octanol–water partition coefficient (Wildman–Crippen LogP) is 2.16. The molecule has 0 bridgehead atoms. The van der Waals surface area contributed by atoms with Crippen molar-refractivity contribution in [2.45, 2.75) is 6.54 Å². The minimum atomic E-state index is 0.204. The first-order chi connectivity index (χ1) is 5.79. The maximum atomic E-state index is 6.69. The van der Waals surface area contributed by atoms with E-state index in [4.69, 9.17) is 22.9 Å². The number of ether oxygens (including phenoxy) is 1. The lowest BCUT2D eigenvalue weighted by atomic mass is 10.3. The Balaban J connectivity index is 3.12. The number of aromatic nitrogens is 1. The minimum absolute atomic E-state index is 0.204. The van der Waals surface area contributed by atoms with Gasteiger partial charge in [-0.25, -0.2) is 11.6 Å². The molecule has 0 spiro atoms. The van der Waals surface area contributed by atoms with E-state index in [1.807, 2.05) is 0 Å². The standard InChI is InChI=1S/C8H7ClN2O/c1-10-5-6-7(9)3-4-11-8(6)12-2/h3-4H,5H2,2H3. The molecule has 12 heavy (non-hydrogen) atoms. The zero-order valence-corrected chi connectivity index (χ0v) is 7.30. The highest BCUT2D eigenvalue weighted by Gasteiger charge is 2.10. The highest BCUT2D eigenvalue weighted by atomic mass is 35.5. The van der Waals surface area contributed by atoms with Crippen LogP contribution >= 0.6 is 11.6 Å². The molecule has 0 N–H and O–H groups in total. The quantitative estimate of drug-likeness (QED) is 0.656. The van der Waals surface area contributed by atoms with Crippen molar-refractivity contribution in [3.05, 3.63) is 34.3 Å². The van der Waals surface area contributed by atoms with E-state index in [0.29, 0.717) is 16.5 Å². The van der Waals surface area contributed by atoms with Gasteiger partial charge in [-0.15, -0.1) is 0 Å². The fraction of sp³-hybridized carbons (Fsp3) is 0.250. The van der Waals surface area contributed by atoms with Gasteiger partial charge in [0.25, 0.3) is 0 Å². The number of methoxy groups -OCH3 is 1. The van der Waals surface area contributed by atoms with Gasteiger partial charge in [-0.05, 0) is 6.07 Å². The van der Waals surface area contributed by atoms with Gasteiger partial charge < -0.3 is 9.58 Å². The Kier molecular flexibility index (Phi) is 2.89. The van der Waals surface area contributed by atoms with Crippen molar-refractivity contribution in [2.24, 2.45) is 0 Å². The summed E-state index contributed by atoms with van der Waals surface area (Å²) >= 11 is 5.82. The molecular weight excluding hydrogens is 176 g/mol. The molecule has 62 valence electrons. The van der Waals surface area contributed by atoms with Crippen LogP contribution in [0.1, 0.15) is 5.56 Å². The predicted molar refractivity (Wildman–Crippen MR) is 46.1 cm³/mol. The summed E-state index contributed by atoms with van der Waals surface area (Å²) in [6.45, 7) is 6.90. The SMILES string of the molecule is [C-]#[N+]Cc1c(Cl)ccnc1OC. The number of pyridine rings is 1. The summed E-state index contributed by atoms with van der Waals surface area (Å²) < 4.78 is 4.94. The van der Waals surface area contributed by atoms with Crippen molar-refractivity contribution < 1.29 is 4.74 Å². The lowest BCUT2D eigenvalue weighted by Crippen LogP contribution is -1.93. The molecule has 0 aliphatic carbocycles. The van der Waals surface area contributed by atoms with Gasteiger partial charge in [-0.2, -0.15) is 0 Å². The maximum absolute atomic E-state index is 6.69. The smallest absolute Gasteiger partial charge is 0.246 e. The molecule has 0 fully saturated rings. The minimum Gasteiger partial charge on any atom is -0.481 e. The molecular formula is C8H7ClN2O. The van der Waals surface area contributed by atoms with E-state index in [0.717, 1.165) is 0 Å². The van der Waals surface area contributed by atoms with Crippen LogP contribution in [0.3, 0.4) is 0 Å². The summed E-state index contributed by atoms with van der Waals surface area (Å²) in [5.74, 6) is 0.429. The number of hydrogen-bond donors (Lipinski definition) is 0. The second-order valence-electron chi connectivity index (χ2n) is 2.10. The molecule has 1 heterocycles. The van der Waals surface area contributed by atoms with Crippen LogP contribution in [0.15, 0.2) is 12.3 Å². The van der Waals surface area contributed by atoms with Crippen LogP contribution in [0.2, 0.25) is 5.02 Å². The van der Waals surface area contributed by atoms with Gasteiger partial charge in [0.1, 0.15) is 5.56 Å². The van der Waals surface area contributed by atoms with Crippen LogP contribution in [0.4, 0.5) is 0 Å². The third-order valence-corrected chi connectivity index (χ3v) is 1.74. The van der Waals surface area contributed by atoms with Crippen molar-refractivity contribution >= 4 is 11.6 Å². The van der Waals surface area contributed by atoms with E-state index in [-0.39, 0.29) is 6.54 Å². The molecule has 0 atom stereocenters. The van der Waals surface area contributed by atoms with E-state index >= 15 is 0 Å². The number of halogens is 1. The molecule has 4 heteroatoms. The summed E-state index contributed by atoms with van der Waals surface area (Å²) in [5, 5.41) is 0.526. The molecule has 0 amide bonds. The Hall–Kier alpha value is -1.27. The van der Waals surface area contributed by atoms with Crippen molar-refractivity contribution in [1.82, 2.24) is 4.98 Å². The van der Waals surface area contributed by atoms with Crippen LogP contribution in [-0.4, -0.2) is 12.1 Å². The molecule has 0 unspecified atom stereocenters.